The van der Waals surface area contributed by atoms with Gasteiger partial charge in [0.2, 0.25) is 5.95 Å². The summed E-state index contributed by atoms with van der Waals surface area (Å²) in [7, 11) is 0. The first kappa shape index (κ1) is 28.8. The maximum atomic E-state index is 16.5. The number of nitrogens with one attached hydrogen (secondary N) is 1. The van der Waals surface area contributed by atoms with E-state index in [-0.39, 0.29) is 70.2 Å². The van der Waals surface area contributed by atoms with Crippen LogP contribution in [0.3, 0.4) is 0 Å². The first-order valence-electron chi connectivity index (χ1n) is 13.5. The van der Waals surface area contributed by atoms with E-state index in [1.165, 1.54) is 12.3 Å². The van der Waals surface area contributed by atoms with Crippen LogP contribution in [0.15, 0.2) is 23.1 Å². The van der Waals surface area contributed by atoms with E-state index in [2.05, 4.69) is 15.3 Å². The van der Waals surface area contributed by atoms with Crippen molar-refractivity contribution in [3.05, 3.63) is 50.7 Å². The summed E-state index contributed by atoms with van der Waals surface area (Å²) in [5, 5.41) is 13.6. The normalized spacial score (nSPS) is 21.7. The number of halogens is 4. The maximum absolute atomic E-state index is 16.5. The minimum absolute atomic E-state index is 0.0728. The molecule has 12 heteroatoms. The molecule has 2 saturated heterocycles. The number of nitrogens with zero attached hydrogens (tertiary/aromatic N) is 4. The molecule has 40 heavy (non-hydrogen) atoms. The highest BCUT2D eigenvalue weighted by molar-refractivity contribution is 6.33. The van der Waals surface area contributed by atoms with Gasteiger partial charge in [-0.2, -0.15) is 0 Å². The SMILES string of the molecule is Cc1c(CN2CCCC(F)(F)C2)n(C(C)C)c2c(F)c(-c3nc(N[C@@H]4CCOC[C@H]4O)ncc3Cl)ccc2c1=O. The molecule has 2 N–H and O–H groups in total. The molecule has 2 aliphatic heterocycles. The summed E-state index contributed by atoms with van der Waals surface area (Å²) in [6.07, 6.45) is 1.32. The fourth-order valence-corrected chi connectivity index (χ4v) is 5.85. The molecule has 0 spiro atoms. The van der Waals surface area contributed by atoms with Gasteiger partial charge < -0.3 is 19.7 Å². The fourth-order valence-electron chi connectivity index (χ4n) is 5.66. The zero-order valence-electron chi connectivity index (χ0n) is 22.7. The topological polar surface area (TPSA) is 92.5 Å². The van der Waals surface area contributed by atoms with Crippen molar-refractivity contribution in [3.63, 3.8) is 0 Å². The number of ether oxygens (including phenoxy) is 1. The summed E-state index contributed by atoms with van der Waals surface area (Å²) in [4.78, 5) is 23.7. The van der Waals surface area contributed by atoms with Crippen LogP contribution in [-0.2, 0) is 11.3 Å². The maximum Gasteiger partial charge on any atom is 0.260 e. The molecular weight excluding hydrogens is 547 g/mol. The van der Waals surface area contributed by atoms with Crippen molar-refractivity contribution >= 4 is 28.5 Å². The monoisotopic (exact) mass is 579 g/mol. The summed E-state index contributed by atoms with van der Waals surface area (Å²) in [6.45, 7) is 6.20. The highest BCUT2D eigenvalue weighted by Gasteiger charge is 2.36. The van der Waals surface area contributed by atoms with Crippen LogP contribution in [0, 0.1) is 12.7 Å². The molecule has 2 fully saturated rings. The number of aromatic nitrogens is 3. The molecule has 0 aliphatic carbocycles. The van der Waals surface area contributed by atoms with Gasteiger partial charge in [0, 0.05) is 47.8 Å². The summed E-state index contributed by atoms with van der Waals surface area (Å²) in [5.74, 6) is -3.33. The second kappa shape index (κ2) is 11.3. The molecule has 0 radical (unpaired) electrons. The third kappa shape index (κ3) is 5.57. The number of hydrogen-bond acceptors (Lipinski definition) is 7. The number of hydrogen-bond donors (Lipinski definition) is 2. The van der Waals surface area contributed by atoms with Gasteiger partial charge in [0.25, 0.3) is 5.92 Å². The summed E-state index contributed by atoms with van der Waals surface area (Å²) in [5.41, 5.74) is 0.839. The van der Waals surface area contributed by atoms with Crippen LogP contribution in [0.1, 0.15) is 50.4 Å². The minimum Gasteiger partial charge on any atom is -0.389 e. The lowest BCUT2D eigenvalue weighted by Gasteiger charge is -2.34. The Balaban J connectivity index is 1.62. The molecule has 0 bridgehead atoms. The lowest BCUT2D eigenvalue weighted by Crippen LogP contribution is -2.43. The quantitative estimate of drug-likeness (QED) is 0.428. The van der Waals surface area contributed by atoms with Crippen molar-refractivity contribution in [1.29, 1.82) is 0 Å². The molecule has 0 saturated carbocycles. The van der Waals surface area contributed by atoms with Crippen molar-refractivity contribution in [2.24, 2.45) is 0 Å². The molecule has 5 rings (SSSR count). The molecule has 2 atom stereocenters. The Morgan fingerprint density at radius 1 is 1.32 bits per heavy atom. The highest BCUT2D eigenvalue weighted by atomic mass is 35.5. The van der Waals surface area contributed by atoms with E-state index in [1.54, 1.807) is 22.5 Å². The average molecular weight is 580 g/mol. The van der Waals surface area contributed by atoms with Crippen molar-refractivity contribution < 1.29 is 23.0 Å². The predicted molar refractivity (Wildman–Crippen MR) is 148 cm³/mol. The van der Waals surface area contributed by atoms with Crippen LogP contribution in [0.5, 0.6) is 0 Å². The smallest absolute Gasteiger partial charge is 0.260 e. The van der Waals surface area contributed by atoms with Crippen LogP contribution < -0.4 is 10.7 Å². The summed E-state index contributed by atoms with van der Waals surface area (Å²) >= 11 is 6.44. The lowest BCUT2D eigenvalue weighted by molar-refractivity contribution is -0.0666. The largest absolute Gasteiger partial charge is 0.389 e. The Hall–Kier alpha value is -2.73. The molecular formula is C28H33ClF3N5O3. The Morgan fingerprint density at radius 3 is 2.80 bits per heavy atom. The number of aliphatic hydroxyl groups is 1. The third-order valence-electron chi connectivity index (χ3n) is 7.67. The Morgan fingerprint density at radius 2 is 2.10 bits per heavy atom. The van der Waals surface area contributed by atoms with E-state index in [9.17, 15) is 18.7 Å². The Bertz CT molecular complexity index is 1480. The van der Waals surface area contributed by atoms with Crippen LogP contribution in [0.2, 0.25) is 5.02 Å². The predicted octanol–water partition coefficient (Wildman–Crippen LogP) is 4.93. The van der Waals surface area contributed by atoms with Crippen molar-refractivity contribution in [3.8, 4) is 11.3 Å². The van der Waals surface area contributed by atoms with E-state index < -0.39 is 24.4 Å². The number of fused-ring (bicyclic) bond motifs is 1. The van der Waals surface area contributed by atoms with Crippen molar-refractivity contribution in [2.75, 3.05) is 31.6 Å². The zero-order chi connectivity index (χ0) is 28.8. The molecule has 8 nitrogen and oxygen atoms in total. The molecule has 0 amide bonds. The van der Waals surface area contributed by atoms with E-state index >= 15 is 4.39 Å². The molecule has 2 aliphatic rings. The van der Waals surface area contributed by atoms with Gasteiger partial charge in [-0.3, -0.25) is 9.69 Å². The number of anilines is 1. The van der Waals surface area contributed by atoms with Crippen molar-refractivity contribution in [1.82, 2.24) is 19.4 Å². The number of benzene rings is 1. The first-order valence-corrected chi connectivity index (χ1v) is 13.9. The molecule has 216 valence electrons. The van der Waals surface area contributed by atoms with Gasteiger partial charge in [0.1, 0.15) is 0 Å². The lowest BCUT2D eigenvalue weighted by atomic mass is 10.0. The third-order valence-corrected chi connectivity index (χ3v) is 7.94. The number of likely N-dealkylation sites (tertiary alicyclic amines) is 1. The van der Waals surface area contributed by atoms with Crippen LogP contribution in [0.25, 0.3) is 22.2 Å². The van der Waals surface area contributed by atoms with Crippen molar-refractivity contribution in [2.45, 2.75) is 70.7 Å². The van der Waals surface area contributed by atoms with Crippen LogP contribution >= 0.6 is 11.6 Å². The van der Waals surface area contributed by atoms with Gasteiger partial charge in [-0.05, 0) is 52.3 Å². The highest BCUT2D eigenvalue weighted by Crippen LogP contribution is 2.35. The van der Waals surface area contributed by atoms with E-state index in [0.717, 1.165) is 0 Å². The van der Waals surface area contributed by atoms with E-state index in [1.807, 2.05) is 13.8 Å². The molecule has 0 unspecified atom stereocenters. The Kier molecular flexibility index (Phi) is 8.11. The van der Waals surface area contributed by atoms with Gasteiger partial charge in [-0.15, -0.1) is 0 Å². The first-order chi connectivity index (χ1) is 19.0. The summed E-state index contributed by atoms with van der Waals surface area (Å²) in [6, 6.07) is 2.40. The number of aliphatic hydroxyl groups excluding tert-OH is 1. The fraction of sp³-hybridized carbons (Fsp3) is 0.536. The second-order valence-corrected chi connectivity index (χ2v) is 11.3. The van der Waals surface area contributed by atoms with Crippen LogP contribution in [-0.4, -0.2) is 68.9 Å². The van der Waals surface area contributed by atoms with E-state index in [4.69, 9.17) is 16.3 Å². The molecule has 3 aromatic rings. The average Bonchev–Trinajstić information content (AvgIpc) is 2.89. The number of alkyl halides is 2. The van der Waals surface area contributed by atoms with Gasteiger partial charge in [0.05, 0.1) is 47.7 Å². The standard InChI is InChI=1S/C28H33ClF3N5O3/c1-15(2)37-21(12-36-9-4-8-28(31,32)14-36)16(3)26(39)18-6-5-17(23(30)25(18)37)24-19(29)11-33-27(35-24)34-20-7-10-40-13-22(20)38/h5-6,11,15,20,22,38H,4,7-10,12-14H2,1-3H3,(H,33,34,35)/t20-,22-/m1/s1. The van der Waals surface area contributed by atoms with Gasteiger partial charge in [-0.25, -0.2) is 23.1 Å². The molecule has 2 aromatic heterocycles. The summed E-state index contributed by atoms with van der Waals surface area (Å²) < 4.78 is 51.9. The molecule has 1 aromatic carbocycles. The molecule has 4 heterocycles. The van der Waals surface area contributed by atoms with Gasteiger partial charge >= 0.3 is 0 Å². The number of piperidine rings is 1. The minimum atomic E-state index is -2.80. The number of pyridine rings is 1. The van der Waals surface area contributed by atoms with Gasteiger partial charge in [0.15, 0.2) is 11.2 Å². The number of rotatable bonds is 6. The Labute approximate surface area is 235 Å². The van der Waals surface area contributed by atoms with E-state index in [0.29, 0.717) is 37.3 Å². The zero-order valence-corrected chi connectivity index (χ0v) is 23.4. The second-order valence-electron chi connectivity index (χ2n) is 10.9. The van der Waals surface area contributed by atoms with Gasteiger partial charge in [-0.1, -0.05) is 11.6 Å². The van der Waals surface area contributed by atoms with Crippen LogP contribution in [0.4, 0.5) is 19.1 Å².